The number of aromatic nitrogens is 2. The second-order valence-corrected chi connectivity index (χ2v) is 14.1. The molecule has 204 valence electrons. The standard InChI is InChI=1S/C39H35BN2/c1-38(2,3)26-17-18-28-31(19-26)40-32-20-27(39(4,5)6)21-33-37(32)42(23-41-33)36-30(25-15-11-8-12-16-25)22-29(34(28)35(36)40)24-13-9-7-10-14-24/h7-23H,1-6H3. The van der Waals surface area contributed by atoms with Gasteiger partial charge in [-0.3, -0.25) is 4.57 Å². The van der Waals surface area contributed by atoms with Crippen LogP contribution < -0.4 is 16.4 Å². The van der Waals surface area contributed by atoms with Gasteiger partial charge in [0.2, 0.25) is 6.71 Å². The molecule has 0 unspecified atom stereocenters. The van der Waals surface area contributed by atoms with Crippen molar-refractivity contribution in [3.8, 4) is 39.1 Å². The van der Waals surface area contributed by atoms with Crippen molar-refractivity contribution in [3.63, 3.8) is 0 Å². The highest BCUT2D eigenvalue weighted by molar-refractivity contribution is 7.01. The molecule has 42 heavy (non-hydrogen) atoms. The zero-order valence-electron chi connectivity index (χ0n) is 25.3. The van der Waals surface area contributed by atoms with Crippen molar-refractivity contribution in [2.24, 2.45) is 0 Å². The molecule has 0 atom stereocenters. The third kappa shape index (κ3) is 3.56. The smallest absolute Gasteiger partial charge is 0.248 e. The van der Waals surface area contributed by atoms with Crippen LogP contribution in [-0.2, 0) is 10.8 Å². The molecule has 0 N–H and O–H groups in total. The van der Waals surface area contributed by atoms with Crippen molar-refractivity contribution in [3.05, 3.63) is 115 Å². The molecule has 0 bridgehead atoms. The van der Waals surface area contributed by atoms with Crippen LogP contribution in [-0.4, -0.2) is 16.3 Å². The zero-order chi connectivity index (χ0) is 29.0. The van der Waals surface area contributed by atoms with Crippen molar-refractivity contribution < 1.29 is 0 Å². The normalized spacial score (nSPS) is 13.4. The average Bonchev–Trinajstić information content (AvgIpc) is 3.56. The van der Waals surface area contributed by atoms with Gasteiger partial charge >= 0.3 is 0 Å². The molecular weight excluding hydrogens is 507 g/mol. The summed E-state index contributed by atoms with van der Waals surface area (Å²) in [6.45, 7) is 14.0. The Labute approximate surface area is 249 Å². The van der Waals surface area contributed by atoms with E-state index in [0.29, 0.717) is 0 Å². The molecular formula is C39H35BN2. The number of hydrogen-bond acceptors (Lipinski definition) is 1. The minimum absolute atomic E-state index is 0.0212. The maximum absolute atomic E-state index is 5.04. The van der Waals surface area contributed by atoms with Gasteiger partial charge in [-0.05, 0) is 72.8 Å². The maximum atomic E-state index is 5.04. The molecule has 3 heterocycles. The van der Waals surface area contributed by atoms with E-state index in [0.717, 1.165) is 5.52 Å². The third-order valence-corrected chi connectivity index (χ3v) is 9.38. The van der Waals surface area contributed by atoms with Crippen LogP contribution in [0.15, 0.2) is 103 Å². The van der Waals surface area contributed by atoms with Crippen LogP contribution in [0.2, 0.25) is 0 Å². The van der Waals surface area contributed by atoms with Crippen molar-refractivity contribution in [1.82, 2.24) is 9.55 Å². The first-order valence-electron chi connectivity index (χ1n) is 15.1. The van der Waals surface area contributed by atoms with Gasteiger partial charge in [0.15, 0.2) is 0 Å². The minimum atomic E-state index is 0.0212. The first-order valence-corrected chi connectivity index (χ1v) is 15.1. The van der Waals surface area contributed by atoms with Gasteiger partial charge in [0.1, 0.15) is 6.33 Å². The summed E-state index contributed by atoms with van der Waals surface area (Å²) in [5.41, 5.74) is 18.3. The summed E-state index contributed by atoms with van der Waals surface area (Å²) in [5.74, 6) is 0. The van der Waals surface area contributed by atoms with Gasteiger partial charge < -0.3 is 0 Å². The van der Waals surface area contributed by atoms with E-state index in [2.05, 4.69) is 149 Å². The molecule has 2 aliphatic rings. The summed E-state index contributed by atoms with van der Waals surface area (Å²) in [6.07, 6.45) is 2.06. The highest BCUT2D eigenvalue weighted by atomic mass is 15.1. The monoisotopic (exact) mass is 542 g/mol. The number of rotatable bonds is 2. The lowest BCUT2D eigenvalue weighted by molar-refractivity contribution is 0.591. The van der Waals surface area contributed by atoms with E-state index >= 15 is 0 Å². The molecule has 0 amide bonds. The molecule has 6 aromatic rings. The van der Waals surface area contributed by atoms with E-state index in [4.69, 9.17) is 4.98 Å². The summed E-state index contributed by atoms with van der Waals surface area (Å²) >= 11 is 0. The number of fused-ring (bicyclic) bond motifs is 5. The van der Waals surface area contributed by atoms with Gasteiger partial charge in [0, 0.05) is 5.56 Å². The van der Waals surface area contributed by atoms with E-state index in [-0.39, 0.29) is 17.5 Å². The minimum Gasteiger partial charge on any atom is -0.299 e. The Bertz CT molecular complexity index is 2040. The van der Waals surface area contributed by atoms with E-state index in [1.165, 1.54) is 72.1 Å². The second-order valence-electron chi connectivity index (χ2n) is 14.1. The van der Waals surface area contributed by atoms with Crippen LogP contribution in [0.1, 0.15) is 52.7 Å². The largest absolute Gasteiger partial charge is 0.299 e. The van der Waals surface area contributed by atoms with E-state index in [9.17, 15) is 0 Å². The molecule has 8 rings (SSSR count). The molecule has 0 fully saturated rings. The molecule has 0 saturated carbocycles. The fourth-order valence-electron chi connectivity index (χ4n) is 7.18. The zero-order valence-corrected chi connectivity index (χ0v) is 25.3. The average molecular weight is 543 g/mol. The molecule has 5 aromatic carbocycles. The van der Waals surface area contributed by atoms with Gasteiger partial charge in [-0.25, -0.2) is 4.98 Å². The van der Waals surface area contributed by atoms with E-state index in [1.807, 2.05) is 0 Å². The summed E-state index contributed by atoms with van der Waals surface area (Å²) in [7, 11) is 0. The third-order valence-electron chi connectivity index (χ3n) is 9.38. The van der Waals surface area contributed by atoms with Crippen molar-refractivity contribution in [2.75, 3.05) is 0 Å². The van der Waals surface area contributed by atoms with Gasteiger partial charge in [0.05, 0.1) is 16.7 Å². The van der Waals surface area contributed by atoms with Crippen molar-refractivity contribution >= 4 is 34.1 Å². The molecule has 1 aromatic heterocycles. The fraction of sp³-hybridized carbons (Fsp3) is 0.205. The maximum Gasteiger partial charge on any atom is 0.248 e. The Morgan fingerprint density at radius 1 is 0.595 bits per heavy atom. The van der Waals surface area contributed by atoms with Gasteiger partial charge in [-0.2, -0.15) is 0 Å². The van der Waals surface area contributed by atoms with Crippen molar-refractivity contribution in [2.45, 2.75) is 52.4 Å². The number of imidazole rings is 1. The molecule has 3 heteroatoms. The summed E-state index contributed by atoms with van der Waals surface area (Å²) in [6, 6.07) is 36.3. The lowest BCUT2D eigenvalue weighted by Gasteiger charge is -2.29. The SMILES string of the molecule is CC(C)(C)c1ccc2c(c1)B1c3c-2c(-c2ccccc2)cc(-c2ccccc2)c3-n2cnc3cc(C(C)(C)C)cc1c32. The Morgan fingerprint density at radius 3 is 1.86 bits per heavy atom. The molecule has 0 aliphatic carbocycles. The Balaban J connectivity index is 1.57. The predicted octanol–water partition coefficient (Wildman–Crippen LogP) is 7.76. The van der Waals surface area contributed by atoms with Crippen LogP contribution in [0.5, 0.6) is 0 Å². The first-order chi connectivity index (χ1) is 20.1. The predicted molar refractivity (Wildman–Crippen MR) is 179 cm³/mol. The number of hydrogen-bond donors (Lipinski definition) is 0. The Morgan fingerprint density at radius 2 is 1.21 bits per heavy atom. The van der Waals surface area contributed by atoms with Gasteiger partial charge in [-0.1, -0.05) is 132 Å². The Kier molecular flexibility index (Phi) is 5.18. The molecule has 2 nitrogen and oxygen atoms in total. The summed E-state index contributed by atoms with van der Waals surface area (Å²) in [5, 5.41) is 0. The summed E-state index contributed by atoms with van der Waals surface area (Å²) in [4.78, 5) is 5.04. The fourth-order valence-corrected chi connectivity index (χ4v) is 7.18. The highest BCUT2D eigenvalue weighted by Gasteiger charge is 2.44. The number of benzene rings is 5. The quantitative estimate of drug-likeness (QED) is 0.204. The van der Waals surface area contributed by atoms with Crippen LogP contribution in [0.4, 0.5) is 0 Å². The second kappa shape index (κ2) is 8.58. The number of nitrogens with zero attached hydrogens (tertiary/aromatic N) is 2. The van der Waals surface area contributed by atoms with Gasteiger partial charge in [0.25, 0.3) is 0 Å². The molecule has 0 radical (unpaired) electrons. The lowest BCUT2D eigenvalue weighted by atomic mass is 9.37. The van der Waals surface area contributed by atoms with Crippen LogP contribution in [0, 0.1) is 0 Å². The molecule has 2 aliphatic heterocycles. The highest BCUT2D eigenvalue weighted by Crippen LogP contribution is 2.44. The Hall–Kier alpha value is -4.37. The topological polar surface area (TPSA) is 17.8 Å². The van der Waals surface area contributed by atoms with Crippen LogP contribution >= 0.6 is 0 Å². The molecule has 0 spiro atoms. The van der Waals surface area contributed by atoms with Crippen LogP contribution in [0.25, 0.3) is 50.1 Å². The van der Waals surface area contributed by atoms with E-state index < -0.39 is 0 Å². The lowest BCUT2D eigenvalue weighted by Crippen LogP contribution is -2.53. The molecule has 0 saturated heterocycles. The van der Waals surface area contributed by atoms with Crippen molar-refractivity contribution in [1.29, 1.82) is 0 Å². The summed E-state index contributed by atoms with van der Waals surface area (Å²) < 4.78 is 2.39. The van der Waals surface area contributed by atoms with E-state index in [1.54, 1.807) is 0 Å². The van der Waals surface area contributed by atoms with Crippen LogP contribution in [0.3, 0.4) is 0 Å². The van der Waals surface area contributed by atoms with Gasteiger partial charge in [-0.15, -0.1) is 0 Å². The first kappa shape index (κ1) is 25.4.